The lowest BCUT2D eigenvalue weighted by atomic mass is 9.71. The second-order valence-electron chi connectivity index (χ2n) is 5.95. The van der Waals surface area contributed by atoms with E-state index in [1.54, 1.807) is 0 Å². The van der Waals surface area contributed by atoms with Crippen molar-refractivity contribution < 1.29 is 9.53 Å². The number of morpholine rings is 1. The number of hydrogen-bond donors (Lipinski definition) is 1. The second-order valence-corrected chi connectivity index (χ2v) is 5.95. The minimum atomic E-state index is 0.0767. The number of ether oxygens (including phenoxy) is 1. The topological polar surface area (TPSA) is 55.6 Å². The van der Waals surface area contributed by atoms with Gasteiger partial charge in [0.15, 0.2) is 0 Å². The monoisotopic (exact) mass is 254 g/mol. The van der Waals surface area contributed by atoms with Gasteiger partial charge in [-0.25, -0.2) is 0 Å². The predicted molar refractivity (Wildman–Crippen MR) is 71.2 cm³/mol. The van der Waals surface area contributed by atoms with Crippen molar-refractivity contribution in [2.24, 2.45) is 11.1 Å². The van der Waals surface area contributed by atoms with Crippen LogP contribution in [0.5, 0.6) is 0 Å². The van der Waals surface area contributed by atoms with Crippen LogP contribution in [0.25, 0.3) is 0 Å². The summed E-state index contributed by atoms with van der Waals surface area (Å²) >= 11 is 0. The van der Waals surface area contributed by atoms with Gasteiger partial charge in [0.25, 0.3) is 0 Å². The fourth-order valence-corrected chi connectivity index (χ4v) is 3.27. The van der Waals surface area contributed by atoms with Crippen LogP contribution in [0, 0.1) is 5.41 Å². The summed E-state index contributed by atoms with van der Waals surface area (Å²) in [6.07, 6.45) is 6.62. The first-order valence-corrected chi connectivity index (χ1v) is 7.24. The highest BCUT2D eigenvalue weighted by molar-refractivity contribution is 5.77. The molecule has 1 aliphatic heterocycles. The van der Waals surface area contributed by atoms with Gasteiger partial charge in [-0.1, -0.05) is 19.3 Å². The number of carbonyl (C=O) groups is 1. The molecule has 1 atom stereocenters. The Kier molecular flexibility index (Phi) is 4.62. The van der Waals surface area contributed by atoms with Crippen molar-refractivity contribution in [2.75, 3.05) is 26.3 Å². The quantitative estimate of drug-likeness (QED) is 0.831. The summed E-state index contributed by atoms with van der Waals surface area (Å²) in [5.74, 6) is 0.276. The molecule has 0 bridgehead atoms. The molecule has 2 rings (SSSR count). The van der Waals surface area contributed by atoms with Crippen LogP contribution in [-0.2, 0) is 9.53 Å². The zero-order chi connectivity index (χ0) is 13.0. The Labute approximate surface area is 110 Å². The third-order valence-corrected chi connectivity index (χ3v) is 4.56. The van der Waals surface area contributed by atoms with Gasteiger partial charge in [0.1, 0.15) is 0 Å². The molecule has 1 saturated heterocycles. The second kappa shape index (κ2) is 6.02. The molecule has 4 heteroatoms. The van der Waals surface area contributed by atoms with Crippen molar-refractivity contribution in [3.05, 3.63) is 0 Å². The maximum Gasteiger partial charge on any atom is 0.223 e. The normalized spacial score (nSPS) is 28.1. The van der Waals surface area contributed by atoms with E-state index < -0.39 is 0 Å². The fraction of sp³-hybridized carbons (Fsp3) is 0.929. The van der Waals surface area contributed by atoms with Gasteiger partial charge in [0, 0.05) is 13.0 Å². The van der Waals surface area contributed by atoms with Crippen LogP contribution in [0.4, 0.5) is 0 Å². The molecule has 4 nitrogen and oxygen atoms in total. The minimum absolute atomic E-state index is 0.0767. The van der Waals surface area contributed by atoms with Gasteiger partial charge in [-0.3, -0.25) is 4.79 Å². The SMILES string of the molecule is CC1COCCN1C(=O)CC1(CN)CCCCC1. The van der Waals surface area contributed by atoms with Gasteiger partial charge in [0.05, 0.1) is 19.3 Å². The van der Waals surface area contributed by atoms with E-state index in [-0.39, 0.29) is 17.4 Å². The van der Waals surface area contributed by atoms with Crippen LogP contribution < -0.4 is 5.73 Å². The average molecular weight is 254 g/mol. The van der Waals surface area contributed by atoms with E-state index in [2.05, 4.69) is 6.92 Å². The molecule has 18 heavy (non-hydrogen) atoms. The van der Waals surface area contributed by atoms with Crippen molar-refractivity contribution in [3.8, 4) is 0 Å². The summed E-state index contributed by atoms with van der Waals surface area (Å²) in [7, 11) is 0. The molecule has 104 valence electrons. The molecular formula is C14H26N2O2. The molecule has 0 aromatic carbocycles. The average Bonchev–Trinajstić information content (AvgIpc) is 2.40. The fourth-order valence-electron chi connectivity index (χ4n) is 3.27. The summed E-state index contributed by atoms with van der Waals surface area (Å²) in [6, 6.07) is 0.213. The Morgan fingerprint density at radius 3 is 2.72 bits per heavy atom. The van der Waals surface area contributed by atoms with E-state index in [1.807, 2.05) is 4.90 Å². The predicted octanol–water partition coefficient (Wildman–Crippen LogP) is 1.53. The van der Waals surface area contributed by atoms with E-state index in [1.165, 1.54) is 19.3 Å². The van der Waals surface area contributed by atoms with Crippen LogP contribution in [0.1, 0.15) is 45.4 Å². The van der Waals surface area contributed by atoms with Gasteiger partial charge in [-0.15, -0.1) is 0 Å². The largest absolute Gasteiger partial charge is 0.377 e. The zero-order valence-electron chi connectivity index (χ0n) is 11.5. The maximum absolute atomic E-state index is 12.5. The van der Waals surface area contributed by atoms with E-state index in [0.29, 0.717) is 26.2 Å². The smallest absolute Gasteiger partial charge is 0.223 e. The molecule has 0 radical (unpaired) electrons. The lowest BCUT2D eigenvalue weighted by Gasteiger charge is -2.40. The number of rotatable bonds is 3. The first-order chi connectivity index (χ1) is 8.67. The van der Waals surface area contributed by atoms with Crippen LogP contribution >= 0.6 is 0 Å². The first kappa shape index (κ1) is 13.8. The van der Waals surface area contributed by atoms with Crippen molar-refractivity contribution in [1.29, 1.82) is 0 Å². The van der Waals surface area contributed by atoms with Gasteiger partial charge < -0.3 is 15.4 Å². The van der Waals surface area contributed by atoms with Crippen LogP contribution in [0.15, 0.2) is 0 Å². The Hall–Kier alpha value is -0.610. The van der Waals surface area contributed by atoms with Gasteiger partial charge in [-0.05, 0) is 31.7 Å². The molecule has 2 aliphatic rings. The van der Waals surface area contributed by atoms with E-state index >= 15 is 0 Å². The summed E-state index contributed by atoms with van der Waals surface area (Å²) in [6.45, 7) is 4.79. The number of amides is 1. The Morgan fingerprint density at radius 2 is 2.11 bits per heavy atom. The number of carbonyl (C=O) groups excluding carboxylic acids is 1. The van der Waals surface area contributed by atoms with Gasteiger partial charge in [0.2, 0.25) is 5.91 Å². The number of nitrogens with zero attached hydrogens (tertiary/aromatic N) is 1. The maximum atomic E-state index is 12.5. The van der Waals surface area contributed by atoms with E-state index in [0.717, 1.165) is 19.4 Å². The summed E-state index contributed by atoms with van der Waals surface area (Å²) in [5, 5.41) is 0. The van der Waals surface area contributed by atoms with Crippen LogP contribution in [-0.4, -0.2) is 43.2 Å². The van der Waals surface area contributed by atoms with Gasteiger partial charge >= 0.3 is 0 Å². The third kappa shape index (κ3) is 3.04. The standard InChI is InChI=1S/C14H26N2O2/c1-12-10-18-8-7-16(12)13(17)9-14(11-15)5-3-2-4-6-14/h12H,2-11,15H2,1H3. The lowest BCUT2D eigenvalue weighted by molar-refractivity contribution is -0.142. The van der Waals surface area contributed by atoms with Crippen molar-refractivity contribution >= 4 is 5.91 Å². The van der Waals surface area contributed by atoms with Crippen molar-refractivity contribution in [1.82, 2.24) is 4.90 Å². The van der Waals surface area contributed by atoms with Gasteiger partial charge in [-0.2, -0.15) is 0 Å². The highest BCUT2D eigenvalue weighted by atomic mass is 16.5. The molecule has 1 saturated carbocycles. The molecule has 2 N–H and O–H groups in total. The number of hydrogen-bond acceptors (Lipinski definition) is 3. The molecule has 0 aromatic rings. The van der Waals surface area contributed by atoms with Crippen molar-refractivity contribution in [3.63, 3.8) is 0 Å². The Morgan fingerprint density at radius 1 is 1.39 bits per heavy atom. The van der Waals surface area contributed by atoms with E-state index in [9.17, 15) is 4.79 Å². The summed E-state index contributed by atoms with van der Waals surface area (Å²) in [5.41, 5.74) is 6.03. The lowest BCUT2D eigenvalue weighted by Crippen LogP contribution is -2.49. The zero-order valence-corrected chi connectivity index (χ0v) is 11.5. The Bertz CT molecular complexity index is 288. The Balaban J connectivity index is 1.95. The molecule has 1 amide bonds. The van der Waals surface area contributed by atoms with E-state index in [4.69, 9.17) is 10.5 Å². The highest BCUT2D eigenvalue weighted by Crippen LogP contribution is 2.39. The van der Waals surface area contributed by atoms with Crippen molar-refractivity contribution in [2.45, 2.75) is 51.5 Å². The summed E-state index contributed by atoms with van der Waals surface area (Å²) < 4.78 is 5.39. The molecule has 0 aromatic heterocycles. The minimum Gasteiger partial charge on any atom is -0.377 e. The highest BCUT2D eigenvalue weighted by Gasteiger charge is 2.35. The molecule has 1 unspecified atom stereocenters. The number of nitrogens with two attached hydrogens (primary N) is 1. The molecule has 1 aliphatic carbocycles. The summed E-state index contributed by atoms with van der Waals surface area (Å²) in [4.78, 5) is 14.4. The molecular weight excluding hydrogens is 228 g/mol. The van der Waals surface area contributed by atoms with Crippen LogP contribution in [0.3, 0.4) is 0 Å². The molecule has 2 fully saturated rings. The molecule has 1 heterocycles. The first-order valence-electron chi connectivity index (χ1n) is 7.24. The molecule has 0 spiro atoms. The third-order valence-electron chi connectivity index (χ3n) is 4.56. The van der Waals surface area contributed by atoms with Crippen LogP contribution in [0.2, 0.25) is 0 Å².